The highest BCUT2D eigenvalue weighted by molar-refractivity contribution is 5.50. The lowest BCUT2D eigenvalue weighted by atomic mass is 9.97. The molecule has 2 nitrogen and oxygen atoms in total. The van der Waals surface area contributed by atoms with Gasteiger partial charge in [0.05, 0.1) is 0 Å². The second-order valence-corrected chi connectivity index (χ2v) is 6.74. The van der Waals surface area contributed by atoms with E-state index in [0.717, 1.165) is 24.4 Å². The van der Waals surface area contributed by atoms with Crippen molar-refractivity contribution in [2.24, 2.45) is 5.92 Å². The van der Waals surface area contributed by atoms with Gasteiger partial charge in [-0.05, 0) is 55.3 Å². The van der Waals surface area contributed by atoms with Crippen LogP contribution in [0, 0.1) is 12.8 Å². The topological polar surface area (TPSA) is 32.3 Å². The van der Waals surface area contributed by atoms with Crippen molar-refractivity contribution in [3.8, 4) is 5.75 Å². The first-order valence-corrected chi connectivity index (χ1v) is 8.64. The van der Waals surface area contributed by atoms with Crippen LogP contribution in [0.2, 0.25) is 0 Å². The average molecular weight is 289 g/mol. The number of aromatic hydroxyl groups is 1. The fourth-order valence-corrected chi connectivity index (χ4v) is 3.78. The molecular weight excluding hydrogens is 258 g/mol. The second-order valence-electron chi connectivity index (χ2n) is 6.74. The summed E-state index contributed by atoms with van der Waals surface area (Å²) in [5.74, 6) is 1.77. The zero-order valence-electron chi connectivity index (χ0n) is 14.1. The molecule has 2 rings (SSSR count). The average Bonchev–Trinajstić information content (AvgIpc) is 2.81. The molecule has 0 spiro atoms. The van der Waals surface area contributed by atoms with Gasteiger partial charge in [-0.3, -0.25) is 0 Å². The number of hydrogen-bond acceptors (Lipinski definition) is 2. The molecule has 1 aliphatic carbocycles. The van der Waals surface area contributed by atoms with E-state index in [1.807, 2.05) is 12.1 Å². The number of hydrogen-bond donors (Lipinski definition) is 2. The van der Waals surface area contributed by atoms with Gasteiger partial charge >= 0.3 is 0 Å². The highest BCUT2D eigenvalue weighted by Crippen LogP contribution is 2.45. The van der Waals surface area contributed by atoms with Crippen molar-refractivity contribution in [2.45, 2.75) is 71.8 Å². The van der Waals surface area contributed by atoms with Gasteiger partial charge < -0.3 is 10.4 Å². The normalized spacial score (nSPS) is 22.3. The molecule has 2 heteroatoms. The van der Waals surface area contributed by atoms with Crippen molar-refractivity contribution in [3.63, 3.8) is 0 Å². The molecule has 1 aromatic carbocycles. The quantitative estimate of drug-likeness (QED) is 0.735. The van der Waals surface area contributed by atoms with Crippen LogP contribution in [0.25, 0.3) is 0 Å². The molecule has 0 amide bonds. The van der Waals surface area contributed by atoms with Crippen molar-refractivity contribution in [1.29, 1.82) is 0 Å². The van der Waals surface area contributed by atoms with E-state index >= 15 is 0 Å². The molecule has 118 valence electrons. The van der Waals surface area contributed by atoms with E-state index in [9.17, 15) is 5.11 Å². The molecule has 21 heavy (non-hydrogen) atoms. The number of nitrogens with one attached hydrogen (secondary N) is 1. The van der Waals surface area contributed by atoms with E-state index in [2.05, 4.69) is 33.0 Å². The number of benzene rings is 1. The Hall–Kier alpha value is -1.02. The van der Waals surface area contributed by atoms with Gasteiger partial charge in [-0.25, -0.2) is 0 Å². The first kappa shape index (κ1) is 16.4. The van der Waals surface area contributed by atoms with E-state index in [0.29, 0.717) is 17.7 Å². The van der Waals surface area contributed by atoms with Crippen molar-refractivity contribution in [2.75, 3.05) is 6.54 Å². The molecule has 1 aliphatic rings. The molecule has 0 fully saturated rings. The van der Waals surface area contributed by atoms with E-state index in [1.54, 1.807) is 0 Å². The standard InChI is InChI=1S/C19H31NO/c1-5-7-8-15(6-2)12-20-16-11-14(4)18-13(3)9-10-17(21)19(16)18/h9-10,14-16,20-21H,5-8,11-12H2,1-4H3. The predicted molar refractivity (Wildman–Crippen MR) is 89.9 cm³/mol. The molecule has 0 saturated heterocycles. The molecule has 3 atom stereocenters. The van der Waals surface area contributed by atoms with E-state index < -0.39 is 0 Å². The lowest BCUT2D eigenvalue weighted by Crippen LogP contribution is -2.26. The number of fused-ring (bicyclic) bond motifs is 1. The van der Waals surface area contributed by atoms with Crippen molar-refractivity contribution < 1.29 is 5.11 Å². The maximum Gasteiger partial charge on any atom is 0.120 e. The van der Waals surface area contributed by atoms with Crippen molar-refractivity contribution in [3.05, 3.63) is 28.8 Å². The zero-order valence-corrected chi connectivity index (χ0v) is 14.1. The van der Waals surface area contributed by atoms with Crippen molar-refractivity contribution in [1.82, 2.24) is 5.32 Å². The molecule has 2 N–H and O–H groups in total. The Labute approximate surface area is 130 Å². The number of phenols is 1. The van der Waals surface area contributed by atoms with Crippen LogP contribution in [0.15, 0.2) is 12.1 Å². The van der Waals surface area contributed by atoms with Gasteiger partial charge in [0.15, 0.2) is 0 Å². The summed E-state index contributed by atoms with van der Waals surface area (Å²) in [5.41, 5.74) is 3.85. The minimum absolute atomic E-state index is 0.325. The first-order chi connectivity index (χ1) is 10.1. The van der Waals surface area contributed by atoms with Gasteiger partial charge in [0.25, 0.3) is 0 Å². The van der Waals surface area contributed by atoms with E-state index in [1.165, 1.54) is 36.8 Å². The SMILES string of the molecule is CCCCC(CC)CNC1CC(C)c2c(C)ccc(O)c21. The monoisotopic (exact) mass is 289 g/mol. The summed E-state index contributed by atoms with van der Waals surface area (Å²) in [6.45, 7) is 10.1. The van der Waals surface area contributed by atoms with Crippen molar-refractivity contribution >= 4 is 0 Å². The predicted octanol–water partition coefficient (Wildman–Crippen LogP) is 5.05. The van der Waals surface area contributed by atoms with E-state index in [4.69, 9.17) is 0 Å². The largest absolute Gasteiger partial charge is 0.508 e. The van der Waals surface area contributed by atoms with Gasteiger partial charge in [0.1, 0.15) is 5.75 Å². The Morgan fingerprint density at radius 2 is 2.05 bits per heavy atom. The van der Waals surface area contributed by atoms with Gasteiger partial charge in [-0.15, -0.1) is 0 Å². The maximum absolute atomic E-state index is 10.3. The highest BCUT2D eigenvalue weighted by Gasteiger charge is 2.32. The summed E-state index contributed by atoms with van der Waals surface area (Å²) in [5, 5.41) is 14.0. The fourth-order valence-electron chi connectivity index (χ4n) is 3.78. The van der Waals surface area contributed by atoms with Gasteiger partial charge in [0, 0.05) is 11.6 Å². The lowest BCUT2D eigenvalue weighted by molar-refractivity contribution is 0.378. The Morgan fingerprint density at radius 1 is 1.29 bits per heavy atom. The fraction of sp³-hybridized carbons (Fsp3) is 0.684. The molecule has 0 heterocycles. The van der Waals surface area contributed by atoms with Crippen LogP contribution >= 0.6 is 0 Å². The number of unbranched alkanes of at least 4 members (excludes halogenated alkanes) is 1. The van der Waals surface area contributed by atoms with Gasteiger partial charge in [0.2, 0.25) is 0 Å². The second kappa shape index (κ2) is 7.31. The summed E-state index contributed by atoms with van der Waals surface area (Å²) in [6, 6.07) is 4.23. The molecule has 0 radical (unpaired) electrons. The third-order valence-corrected chi connectivity index (χ3v) is 5.11. The Morgan fingerprint density at radius 3 is 2.71 bits per heavy atom. The van der Waals surface area contributed by atoms with E-state index in [-0.39, 0.29) is 0 Å². The molecule has 0 aliphatic heterocycles. The van der Waals surface area contributed by atoms with Gasteiger partial charge in [-0.1, -0.05) is 46.1 Å². The Balaban J connectivity index is 2.06. The van der Waals surface area contributed by atoms with Crippen LogP contribution in [0.4, 0.5) is 0 Å². The summed E-state index contributed by atoms with van der Waals surface area (Å²) < 4.78 is 0. The Bertz CT molecular complexity index is 469. The number of aryl methyl sites for hydroxylation is 1. The molecular formula is C19H31NO. The number of phenolic OH excluding ortho intramolecular Hbond substituents is 1. The Kier molecular flexibility index (Phi) is 5.69. The third kappa shape index (κ3) is 3.60. The summed E-state index contributed by atoms with van der Waals surface area (Å²) in [7, 11) is 0. The van der Waals surface area contributed by atoms with Crippen LogP contribution in [0.5, 0.6) is 5.75 Å². The molecule has 1 aromatic rings. The highest BCUT2D eigenvalue weighted by atomic mass is 16.3. The molecule has 0 aromatic heterocycles. The summed E-state index contributed by atoms with van der Waals surface area (Å²) in [4.78, 5) is 0. The minimum atomic E-state index is 0.325. The first-order valence-electron chi connectivity index (χ1n) is 8.64. The van der Waals surface area contributed by atoms with Crippen LogP contribution < -0.4 is 5.32 Å². The molecule has 0 bridgehead atoms. The maximum atomic E-state index is 10.3. The zero-order chi connectivity index (χ0) is 15.4. The molecule has 0 saturated carbocycles. The van der Waals surface area contributed by atoms with Crippen LogP contribution in [-0.2, 0) is 0 Å². The molecule has 3 unspecified atom stereocenters. The van der Waals surface area contributed by atoms with Gasteiger partial charge in [-0.2, -0.15) is 0 Å². The summed E-state index contributed by atoms with van der Waals surface area (Å²) >= 11 is 0. The minimum Gasteiger partial charge on any atom is -0.508 e. The van der Waals surface area contributed by atoms with Crippen LogP contribution in [-0.4, -0.2) is 11.7 Å². The van der Waals surface area contributed by atoms with Crippen LogP contribution in [0.1, 0.15) is 81.5 Å². The summed E-state index contributed by atoms with van der Waals surface area (Å²) in [6.07, 6.45) is 6.26. The third-order valence-electron chi connectivity index (χ3n) is 5.11. The smallest absolute Gasteiger partial charge is 0.120 e. The van der Waals surface area contributed by atoms with Crippen LogP contribution in [0.3, 0.4) is 0 Å². The number of rotatable bonds is 7. The lowest BCUT2D eigenvalue weighted by Gasteiger charge is -2.20.